The standard InChI is InChI=1S/C25H29ClN4O2S/c1-28(2)13-14-30(25(32)23-10-7-15-33-23)17-18-16-19(11-12-22(18)29(3)4)27-24(31)20-8-5-6-9-21(20)26/h5-12,15-16H,13-14,17H2,1-4H3,(H,27,31). The minimum Gasteiger partial charge on any atom is -0.377 e. The molecular formula is C25H29ClN4O2S. The van der Waals surface area contributed by atoms with Crippen LogP contribution in [-0.2, 0) is 6.54 Å². The number of benzene rings is 2. The van der Waals surface area contributed by atoms with Gasteiger partial charge in [0.05, 0.1) is 15.5 Å². The number of carbonyl (C=O) groups is 2. The molecule has 0 aliphatic rings. The summed E-state index contributed by atoms with van der Waals surface area (Å²) in [4.78, 5) is 32.6. The summed E-state index contributed by atoms with van der Waals surface area (Å²) in [5, 5.41) is 5.24. The van der Waals surface area contributed by atoms with Crippen molar-refractivity contribution in [1.29, 1.82) is 0 Å². The first-order valence-corrected chi connectivity index (χ1v) is 11.9. The monoisotopic (exact) mass is 484 g/mol. The third-order valence-corrected chi connectivity index (χ3v) is 6.32. The van der Waals surface area contributed by atoms with Gasteiger partial charge < -0.3 is 20.0 Å². The second kappa shape index (κ2) is 11.3. The van der Waals surface area contributed by atoms with Gasteiger partial charge >= 0.3 is 0 Å². The number of amides is 2. The van der Waals surface area contributed by atoms with E-state index >= 15 is 0 Å². The molecule has 6 nitrogen and oxygen atoms in total. The maximum absolute atomic E-state index is 13.2. The molecular weight excluding hydrogens is 456 g/mol. The van der Waals surface area contributed by atoms with E-state index in [1.807, 2.05) is 73.7 Å². The molecule has 0 saturated heterocycles. The van der Waals surface area contributed by atoms with Crippen LogP contribution in [0.5, 0.6) is 0 Å². The smallest absolute Gasteiger partial charge is 0.264 e. The Morgan fingerprint density at radius 3 is 2.36 bits per heavy atom. The van der Waals surface area contributed by atoms with Crippen LogP contribution in [0.15, 0.2) is 60.0 Å². The van der Waals surface area contributed by atoms with Crippen LogP contribution >= 0.6 is 22.9 Å². The van der Waals surface area contributed by atoms with Crippen molar-refractivity contribution in [2.75, 3.05) is 51.5 Å². The lowest BCUT2D eigenvalue weighted by Gasteiger charge is -2.27. The molecule has 3 rings (SSSR count). The van der Waals surface area contributed by atoms with Crippen LogP contribution in [0, 0.1) is 0 Å². The van der Waals surface area contributed by atoms with E-state index in [-0.39, 0.29) is 11.8 Å². The first-order valence-electron chi connectivity index (χ1n) is 10.6. The van der Waals surface area contributed by atoms with Crippen molar-refractivity contribution >= 4 is 46.1 Å². The molecule has 33 heavy (non-hydrogen) atoms. The minimum absolute atomic E-state index is 0.00191. The number of likely N-dealkylation sites (N-methyl/N-ethyl adjacent to an activating group) is 1. The fourth-order valence-electron chi connectivity index (χ4n) is 3.40. The second-order valence-corrected chi connectivity index (χ2v) is 9.53. The summed E-state index contributed by atoms with van der Waals surface area (Å²) in [6.45, 7) is 1.76. The summed E-state index contributed by atoms with van der Waals surface area (Å²) in [6.07, 6.45) is 0. The molecule has 2 amide bonds. The Kier molecular flexibility index (Phi) is 8.49. The Morgan fingerprint density at radius 1 is 0.970 bits per heavy atom. The van der Waals surface area contributed by atoms with Gasteiger partial charge in [0.1, 0.15) is 0 Å². The van der Waals surface area contributed by atoms with Crippen molar-refractivity contribution in [3.63, 3.8) is 0 Å². The highest BCUT2D eigenvalue weighted by atomic mass is 35.5. The van der Waals surface area contributed by atoms with Crippen molar-refractivity contribution < 1.29 is 9.59 Å². The molecule has 0 bridgehead atoms. The third-order valence-electron chi connectivity index (χ3n) is 5.14. The first kappa shape index (κ1) is 24.8. The van der Waals surface area contributed by atoms with Gasteiger partial charge in [-0.1, -0.05) is 29.8 Å². The third kappa shape index (κ3) is 6.57. The number of carbonyl (C=O) groups excluding carboxylic acids is 2. The fourth-order valence-corrected chi connectivity index (χ4v) is 4.32. The van der Waals surface area contributed by atoms with Gasteiger partial charge in [-0.05, 0) is 61.4 Å². The van der Waals surface area contributed by atoms with Crippen molar-refractivity contribution in [2.24, 2.45) is 0 Å². The largest absolute Gasteiger partial charge is 0.377 e. The topological polar surface area (TPSA) is 55.9 Å². The summed E-state index contributed by atoms with van der Waals surface area (Å²) >= 11 is 7.62. The Labute approximate surface area is 204 Å². The molecule has 8 heteroatoms. The van der Waals surface area contributed by atoms with Crippen LogP contribution in [0.3, 0.4) is 0 Å². The number of anilines is 2. The quantitative estimate of drug-likeness (QED) is 0.468. The SMILES string of the molecule is CN(C)CCN(Cc1cc(NC(=O)c2ccccc2Cl)ccc1N(C)C)C(=O)c1cccs1. The van der Waals surface area contributed by atoms with E-state index in [1.54, 1.807) is 24.3 Å². The van der Waals surface area contributed by atoms with Crippen LogP contribution in [0.1, 0.15) is 25.6 Å². The van der Waals surface area contributed by atoms with Crippen molar-refractivity contribution in [1.82, 2.24) is 9.80 Å². The molecule has 174 valence electrons. The maximum atomic E-state index is 13.2. The average Bonchev–Trinajstić information content (AvgIpc) is 3.31. The van der Waals surface area contributed by atoms with E-state index in [9.17, 15) is 9.59 Å². The Bertz CT molecular complexity index is 1100. The van der Waals surface area contributed by atoms with Crippen LogP contribution in [-0.4, -0.2) is 62.9 Å². The summed E-state index contributed by atoms with van der Waals surface area (Å²) < 4.78 is 0. The normalized spacial score (nSPS) is 10.8. The lowest BCUT2D eigenvalue weighted by atomic mass is 10.1. The molecule has 0 aliphatic heterocycles. The average molecular weight is 485 g/mol. The predicted octanol–water partition coefficient (Wildman–Crippen LogP) is 4.92. The molecule has 3 aromatic rings. The number of thiophene rings is 1. The summed E-state index contributed by atoms with van der Waals surface area (Å²) in [6, 6.07) is 16.4. The van der Waals surface area contributed by atoms with Crippen LogP contribution in [0.4, 0.5) is 11.4 Å². The highest BCUT2D eigenvalue weighted by Gasteiger charge is 2.20. The molecule has 0 aliphatic carbocycles. The Balaban J connectivity index is 1.89. The Hall–Kier alpha value is -2.87. The highest BCUT2D eigenvalue weighted by molar-refractivity contribution is 7.12. The van der Waals surface area contributed by atoms with Crippen molar-refractivity contribution in [3.05, 3.63) is 81.0 Å². The number of hydrogen-bond acceptors (Lipinski definition) is 5. The van der Waals surface area contributed by atoms with Gasteiger partial charge in [0.25, 0.3) is 11.8 Å². The van der Waals surface area contributed by atoms with Crippen molar-refractivity contribution in [2.45, 2.75) is 6.54 Å². The van der Waals surface area contributed by atoms with Gasteiger partial charge in [-0.3, -0.25) is 9.59 Å². The van der Waals surface area contributed by atoms with Gasteiger partial charge in [-0.25, -0.2) is 0 Å². The van der Waals surface area contributed by atoms with Crippen LogP contribution in [0.2, 0.25) is 5.02 Å². The fraction of sp³-hybridized carbons (Fsp3) is 0.280. The zero-order chi connectivity index (χ0) is 24.0. The van der Waals surface area contributed by atoms with E-state index in [4.69, 9.17) is 11.6 Å². The van der Waals surface area contributed by atoms with Gasteiger partial charge in [0.2, 0.25) is 0 Å². The molecule has 0 atom stereocenters. The maximum Gasteiger partial charge on any atom is 0.264 e. The summed E-state index contributed by atoms with van der Waals surface area (Å²) in [5.74, 6) is -0.273. The molecule has 0 fully saturated rings. The van der Waals surface area contributed by atoms with Gasteiger partial charge in [-0.15, -0.1) is 11.3 Å². The molecule has 0 saturated carbocycles. The number of halogens is 1. The molecule has 1 N–H and O–H groups in total. The summed E-state index contributed by atoms with van der Waals surface area (Å²) in [5.41, 5.74) is 3.00. The van der Waals surface area contributed by atoms with Gasteiger partial charge in [-0.2, -0.15) is 0 Å². The zero-order valence-corrected chi connectivity index (χ0v) is 20.9. The van der Waals surface area contributed by atoms with Gasteiger partial charge in [0, 0.05) is 45.1 Å². The molecule has 1 aromatic heterocycles. The van der Waals surface area contributed by atoms with Crippen LogP contribution in [0.25, 0.3) is 0 Å². The van der Waals surface area contributed by atoms with E-state index < -0.39 is 0 Å². The number of rotatable bonds is 9. The highest BCUT2D eigenvalue weighted by Crippen LogP contribution is 2.26. The predicted molar refractivity (Wildman–Crippen MR) is 138 cm³/mol. The van der Waals surface area contributed by atoms with Crippen molar-refractivity contribution in [3.8, 4) is 0 Å². The molecule has 0 radical (unpaired) electrons. The minimum atomic E-state index is -0.275. The first-order chi connectivity index (χ1) is 15.8. The van der Waals surface area contributed by atoms with E-state index in [2.05, 4.69) is 10.2 Å². The number of nitrogens with one attached hydrogen (secondary N) is 1. The number of nitrogens with zero attached hydrogens (tertiary/aromatic N) is 3. The number of hydrogen-bond donors (Lipinski definition) is 1. The van der Waals surface area contributed by atoms with E-state index in [0.29, 0.717) is 34.2 Å². The molecule has 0 unspecified atom stereocenters. The lowest BCUT2D eigenvalue weighted by Crippen LogP contribution is -2.36. The molecule has 1 heterocycles. The van der Waals surface area contributed by atoms with Crippen LogP contribution < -0.4 is 10.2 Å². The van der Waals surface area contributed by atoms with E-state index in [1.165, 1.54) is 11.3 Å². The van der Waals surface area contributed by atoms with E-state index in [0.717, 1.165) is 17.8 Å². The van der Waals surface area contributed by atoms with Gasteiger partial charge in [0.15, 0.2) is 0 Å². The molecule has 2 aromatic carbocycles. The lowest BCUT2D eigenvalue weighted by molar-refractivity contribution is 0.0737. The Morgan fingerprint density at radius 2 is 1.73 bits per heavy atom. The zero-order valence-electron chi connectivity index (χ0n) is 19.3. The second-order valence-electron chi connectivity index (χ2n) is 8.18. The molecule has 0 spiro atoms. The summed E-state index contributed by atoms with van der Waals surface area (Å²) in [7, 11) is 7.91.